The van der Waals surface area contributed by atoms with Gasteiger partial charge in [-0.2, -0.15) is 13.2 Å². The number of hydrogen-bond donors (Lipinski definition) is 1. The quantitative estimate of drug-likeness (QED) is 0.810. The lowest BCUT2D eigenvalue weighted by Crippen LogP contribution is -2.41. The third-order valence-corrected chi connectivity index (χ3v) is 3.60. The maximum absolute atomic E-state index is 12.7. The monoisotopic (exact) mass is 295 g/mol. The van der Waals surface area contributed by atoms with Gasteiger partial charge in [0.15, 0.2) is 0 Å². The van der Waals surface area contributed by atoms with Crippen LogP contribution < -0.4 is 5.32 Å². The zero-order valence-electron chi connectivity index (χ0n) is 11.6. The van der Waals surface area contributed by atoms with E-state index in [-0.39, 0.29) is 19.3 Å². The molecule has 3 unspecified atom stereocenters. The van der Waals surface area contributed by atoms with Crippen LogP contribution in [-0.2, 0) is 14.3 Å². The minimum absolute atomic E-state index is 0.0116. The smallest absolute Gasteiger partial charge is 0.391 e. The second kappa shape index (κ2) is 6.95. The normalized spacial score (nSPS) is 24.9. The average Bonchev–Trinajstić information content (AvgIpc) is 2.37. The highest BCUT2D eigenvalue weighted by Gasteiger charge is 2.43. The van der Waals surface area contributed by atoms with E-state index >= 15 is 0 Å². The third-order valence-electron chi connectivity index (χ3n) is 3.60. The number of halogens is 3. The van der Waals surface area contributed by atoms with Crippen LogP contribution in [0.25, 0.3) is 0 Å². The summed E-state index contributed by atoms with van der Waals surface area (Å²) in [6, 6.07) is -0.443. The first kappa shape index (κ1) is 16.8. The van der Waals surface area contributed by atoms with Gasteiger partial charge < -0.3 is 10.1 Å². The first-order valence-electron chi connectivity index (χ1n) is 6.68. The summed E-state index contributed by atoms with van der Waals surface area (Å²) in [5.74, 6) is -2.90. The van der Waals surface area contributed by atoms with Gasteiger partial charge in [0, 0.05) is 12.0 Å². The minimum Gasteiger partial charge on any atom is -0.469 e. The summed E-state index contributed by atoms with van der Waals surface area (Å²) < 4.78 is 42.5. The standard InChI is InChI=1S/C13H20F3NO3/c1-8(6-11(18)20-2)17-12(19)9-4-3-5-10(7-9)13(14,15)16/h8-10H,3-7H2,1-2H3,(H,17,19). The van der Waals surface area contributed by atoms with E-state index in [1.165, 1.54) is 7.11 Å². The fourth-order valence-corrected chi connectivity index (χ4v) is 2.47. The zero-order valence-corrected chi connectivity index (χ0v) is 11.6. The molecule has 0 aromatic heterocycles. The summed E-state index contributed by atoms with van der Waals surface area (Å²) in [6.45, 7) is 1.62. The number of alkyl halides is 3. The second-order valence-corrected chi connectivity index (χ2v) is 5.29. The minimum atomic E-state index is -4.24. The Morgan fingerprint density at radius 3 is 2.55 bits per heavy atom. The van der Waals surface area contributed by atoms with Crippen molar-refractivity contribution >= 4 is 11.9 Å². The number of carbonyl (C=O) groups is 2. The molecule has 0 radical (unpaired) electrons. The van der Waals surface area contributed by atoms with Crippen LogP contribution in [0.5, 0.6) is 0 Å². The Morgan fingerprint density at radius 1 is 1.35 bits per heavy atom. The van der Waals surface area contributed by atoms with Crippen molar-refractivity contribution < 1.29 is 27.5 Å². The van der Waals surface area contributed by atoms with Crippen LogP contribution in [-0.4, -0.2) is 31.2 Å². The molecule has 116 valence electrons. The zero-order chi connectivity index (χ0) is 15.3. The lowest BCUT2D eigenvalue weighted by atomic mass is 9.80. The van der Waals surface area contributed by atoms with Gasteiger partial charge in [-0.25, -0.2) is 0 Å². The Labute approximate surface area is 116 Å². The van der Waals surface area contributed by atoms with E-state index in [2.05, 4.69) is 10.1 Å². The Kier molecular flexibility index (Phi) is 5.83. The number of methoxy groups -OCH3 is 1. The van der Waals surface area contributed by atoms with Crippen LogP contribution in [0.15, 0.2) is 0 Å². The summed E-state index contributed by atoms with van der Waals surface area (Å²) in [7, 11) is 1.24. The number of ether oxygens (including phenoxy) is 1. The summed E-state index contributed by atoms with van der Waals surface area (Å²) in [5.41, 5.74) is 0. The van der Waals surface area contributed by atoms with Gasteiger partial charge in [-0.3, -0.25) is 9.59 Å². The van der Waals surface area contributed by atoms with Crippen molar-refractivity contribution in [3.05, 3.63) is 0 Å². The predicted octanol–water partition coefficient (Wildman–Crippen LogP) is 2.42. The predicted molar refractivity (Wildman–Crippen MR) is 65.7 cm³/mol. The summed E-state index contributed by atoms with van der Waals surface area (Å²) in [6.07, 6.45) is -3.45. The molecule has 0 aromatic carbocycles. The first-order chi connectivity index (χ1) is 9.24. The highest BCUT2D eigenvalue weighted by Crippen LogP contribution is 2.39. The molecule has 0 aromatic rings. The number of rotatable bonds is 4. The maximum atomic E-state index is 12.7. The largest absolute Gasteiger partial charge is 0.469 e. The number of esters is 1. The molecule has 20 heavy (non-hydrogen) atoms. The Balaban J connectivity index is 2.49. The molecule has 0 spiro atoms. The van der Waals surface area contributed by atoms with Crippen molar-refractivity contribution in [3.63, 3.8) is 0 Å². The summed E-state index contributed by atoms with van der Waals surface area (Å²) >= 11 is 0. The van der Waals surface area contributed by atoms with Gasteiger partial charge >= 0.3 is 12.1 Å². The van der Waals surface area contributed by atoms with Gasteiger partial charge in [0.1, 0.15) is 0 Å². The summed E-state index contributed by atoms with van der Waals surface area (Å²) in [4.78, 5) is 23.0. The molecule has 0 bridgehead atoms. The first-order valence-corrected chi connectivity index (χ1v) is 6.68. The van der Waals surface area contributed by atoms with Gasteiger partial charge in [0.25, 0.3) is 0 Å². The lowest BCUT2D eigenvalue weighted by molar-refractivity contribution is -0.186. The second-order valence-electron chi connectivity index (χ2n) is 5.29. The molecule has 0 heterocycles. The van der Waals surface area contributed by atoms with Crippen LogP contribution in [0.2, 0.25) is 0 Å². The maximum Gasteiger partial charge on any atom is 0.391 e. The van der Waals surface area contributed by atoms with E-state index in [1.807, 2.05) is 0 Å². The average molecular weight is 295 g/mol. The number of nitrogens with one attached hydrogen (secondary N) is 1. The Morgan fingerprint density at radius 2 is 2.00 bits per heavy atom. The van der Waals surface area contributed by atoms with Crippen LogP contribution in [0, 0.1) is 11.8 Å². The van der Waals surface area contributed by atoms with Gasteiger partial charge in [-0.15, -0.1) is 0 Å². The Hall–Kier alpha value is -1.27. The molecular formula is C13H20F3NO3. The third kappa shape index (κ3) is 5.02. The van der Waals surface area contributed by atoms with Crippen molar-refractivity contribution in [3.8, 4) is 0 Å². The fraction of sp³-hybridized carbons (Fsp3) is 0.846. The molecule has 1 aliphatic rings. The fourth-order valence-electron chi connectivity index (χ4n) is 2.47. The molecule has 3 atom stereocenters. The molecule has 7 heteroatoms. The summed E-state index contributed by atoms with van der Waals surface area (Å²) in [5, 5.41) is 2.58. The van der Waals surface area contributed by atoms with Crippen LogP contribution in [0.1, 0.15) is 39.0 Å². The van der Waals surface area contributed by atoms with Crippen molar-refractivity contribution in [2.45, 2.75) is 51.2 Å². The van der Waals surface area contributed by atoms with Gasteiger partial charge in [-0.1, -0.05) is 6.42 Å². The van der Waals surface area contributed by atoms with E-state index in [4.69, 9.17) is 0 Å². The van der Waals surface area contributed by atoms with Crippen molar-refractivity contribution in [2.75, 3.05) is 7.11 Å². The molecule has 1 aliphatic carbocycles. The van der Waals surface area contributed by atoms with E-state index in [1.54, 1.807) is 6.92 Å². The molecular weight excluding hydrogens is 275 g/mol. The van der Waals surface area contributed by atoms with E-state index in [0.717, 1.165) is 0 Å². The van der Waals surface area contributed by atoms with Crippen molar-refractivity contribution in [2.24, 2.45) is 11.8 Å². The molecule has 1 rings (SSSR count). The van der Waals surface area contributed by atoms with E-state index in [9.17, 15) is 22.8 Å². The molecule has 1 saturated carbocycles. The number of hydrogen-bond acceptors (Lipinski definition) is 3. The van der Waals surface area contributed by atoms with E-state index < -0.39 is 35.9 Å². The molecule has 1 amide bonds. The number of carbonyl (C=O) groups excluding carboxylic acids is 2. The lowest BCUT2D eigenvalue weighted by Gasteiger charge is -2.30. The van der Waals surface area contributed by atoms with E-state index in [0.29, 0.717) is 12.8 Å². The van der Waals surface area contributed by atoms with Gasteiger partial charge in [-0.05, 0) is 26.2 Å². The highest BCUT2D eigenvalue weighted by molar-refractivity contribution is 5.80. The van der Waals surface area contributed by atoms with Gasteiger partial charge in [0.05, 0.1) is 19.4 Å². The molecule has 0 saturated heterocycles. The molecule has 1 N–H and O–H groups in total. The Bertz CT molecular complexity index is 357. The molecule has 4 nitrogen and oxygen atoms in total. The SMILES string of the molecule is COC(=O)CC(C)NC(=O)C1CCCC(C(F)(F)F)C1. The van der Waals surface area contributed by atoms with Crippen molar-refractivity contribution in [1.82, 2.24) is 5.32 Å². The van der Waals surface area contributed by atoms with Crippen LogP contribution in [0.3, 0.4) is 0 Å². The van der Waals surface area contributed by atoms with Crippen LogP contribution >= 0.6 is 0 Å². The molecule has 1 fully saturated rings. The molecule has 0 aliphatic heterocycles. The topological polar surface area (TPSA) is 55.4 Å². The van der Waals surface area contributed by atoms with Crippen molar-refractivity contribution in [1.29, 1.82) is 0 Å². The highest BCUT2D eigenvalue weighted by atomic mass is 19.4. The number of amides is 1. The van der Waals surface area contributed by atoms with Crippen LogP contribution in [0.4, 0.5) is 13.2 Å². The van der Waals surface area contributed by atoms with Gasteiger partial charge in [0.2, 0.25) is 5.91 Å².